The van der Waals surface area contributed by atoms with E-state index in [-0.39, 0.29) is 24.9 Å². The van der Waals surface area contributed by atoms with E-state index in [4.69, 9.17) is 4.74 Å². The van der Waals surface area contributed by atoms with E-state index in [1.54, 1.807) is 14.0 Å². The topological polar surface area (TPSA) is 95.9 Å². The van der Waals surface area contributed by atoms with Crippen LogP contribution in [0.1, 0.15) is 25.3 Å². The molecule has 0 atom stereocenters. The molecule has 1 aliphatic rings. The second kappa shape index (κ2) is 10.1. The van der Waals surface area contributed by atoms with E-state index in [1.807, 2.05) is 0 Å². The number of rotatable bonds is 7. The number of hydrogen-bond acceptors (Lipinski definition) is 5. The molecule has 8 nitrogen and oxygen atoms in total. The fourth-order valence-electron chi connectivity index (χ4n) is 2.89. The molecule has 0 aliphatic carbocycles. The van der Waals surface area contributed by atoms with Gasteiger partial charge in [-0.05, 0) is 31.9 Å². The number of guanidine groups is 1. The number of sulfonamides is 1. The maximum absolute atomic E-state index is 12.9. The van der Waals surface area contributed by atoms with Gasteiger partial charge in [0.1, 0.15) is 12.2 Å². The quantitative estimate of drug-likeness (QED) is 0.381. The Labute approximate surface area is 168 Å². The number of pyridine rings is 1. The molecule has 0 amide bonds. The monoisotopic (exact) mass is 437 g/mol. The summed E-state index contributed by atoms with van der Waals surface area (Å²) in [5, 5.41) is 6.17. The van der Waals surface area contributed by atoms with Crippen LogP contribution in [0, 0.1) is 0 Å². The van der Waals surface area contributed by atoms with Crippen LogP contribution in [0.25, 0.3) is 0 Å². The summed E-state index contributed by atoms with van der Waals surface area (Å²) in [6.45, 7) is 2.68. The molecular weight excluding hydrogens is 411 g/mol. The molecule has 12 heteroatoms. The fraction of sp³-hybridized carbons (Fsp3) is 0.647. The predicted molar refractivity (Wildman–Crippen MR) is 103 cm³/mol. The van der Waals surface area contributed by atoms with E-state index in [0.717, 1.165) is 6.07 Å². The zero-order chi connectivity index (χ0) is 21.5. The van der Waals surface area contributed by atoms with Gasteiger partial charge in [0.15, 0.2) is 5.96 Å². The molecule has 1 aromatic heterocycles. The molecule has 2 heterocycles. The lowest BCUT2D eigenvalue weighted by Gasteiger charge is -2.32. The van der Waals surface area contributed by atoms with Crippen molar-refractivity contribution >= 4 is 16.0 Å². The largest absolute Gasteiger partial charge is 0.475 e. The minimum atomic E-state index is -4.53. The van der Waals surface area contributed by atoms with Crippen molar-refractivity contribution in [3.63, 3.8) is 0 Å². The van der Waals surface area contributed by atoms with Crippen molar-refractivity contribution in [2.24, 2.45) is 4.99 Å². The SMILES string of the molecule is CCS(=O)(=O)N1CCC(NC(=NC)NCCOc2ncccc2C(F)(F)F)CC1. The molecule has 0 bridgehead atoms. The summed E-state index contributed by atoms with van der Waals surface area (Å²) >= 11 is 0. The summed E-state index contributed by atoms with van der Waals surface area (Å²) in [5.41, 5.74) is -0.920. The predicted octanol–water partition coefficient (Wildman–Crippen LogP) is 1.46. The van der Waals surface area contributed by atoms with Crippen molar-refractivity contribution in [2.75, 3.05) is 39.0 Å². The van der Waals surface area contributed by atoms with E-state index in [1.165, 1.54) is 16.6 Å². The molecule has 0 spiro atoms. The number of halogens is 3. The first kappa shape index (κ1) is 23.2. The van der Waals surface area contributed by atoms with Crippen molar-refractivity contribution < 1.29 is 26.3 Å². The van der Waals surface area contributed by atoms with Crippen LogP contribution in [0.5, 0.6) is 5.88 Å². The molecule has 0 aromatic carbocycles. The van der Waals surface area contributed by atoms with Gasteiger partial charge >= 0.3 is 6.18 Å². The minimum absolute atomic E-state index is 0.0337. The van der Waals surface area contributed by atoms with Gasteiger partial charge in [-0.2, -0.15) is 13.2 Å². The number of aliphatic imine (C=N–C) groups is 1. The Hall–Kier alpha value is -2.08. The highest BCUT2D eigenvalue weighted by molar-refractivity contribution is 7.89. The maximum Gasteiger partial charge on any atom is 0.421 e. The third-order valence-electron chi connectivity index (χ3n) is 4.49. The van der Waals surface area contributed by atoms with Crippen LogP contribution in [-0.4, -0.2) is 68.8 Å². The van der Waals surface area contributed by atoms with Crippen LogP contribution in [0.4, 0.5) is 13.2 Å². The van der Waals surface area contributed by atoms with Gasteiger partial charge in [-0.3, -0.25) is 4.99 Å². The number of nitrogens with one attached hydrogen (secondary N) is 2. The lowest BCUT2D eigenvalue weighted by atomic mass is 10.1. The Morgan fingerprint density at radius 2 is 2.07 bits per heavy atom. The smallest absolute Gasteiger partial charge is 0.421 e. The van der Waals surface area contributed by atoms with Crippen molar-refractivity contribution in [3.05, 3.63) is 23.9 Å². The van der Waals surface area contributed by atoms with E-state index < -0.39 is 27.6 Å². The van der Waals surface area contributed by atoms with Gasteiger partial charge in [0, 0.05) is 32.4 Å². The minimum Gasteiger partial charge on any atom is -0.475 e. The molecule has 29 heavy (non-hydrogen) atoms. The van der Waals surface area contributed by atoms with Crippen LogP contribution in [0.3, 0.4) is 0 Å². The standard InChI is InChI=1S/C17H26F3N5O3S/c1-3-29(26,27)25-10-6-13(7-11-25)24-16(21-2)23-9-12-28-15-14(17(18,19)20)5-4-8-22-15/h4-5,8,13H,3,6-7,9-12H2,1-2H3,(H2,21,23,24). The highest BCUT2D eigenvalue weighted by atomic mass is 32.2. The third-order valence-corrected chi connectivity index (χ3v) is 6.37. The first-order valence-corrected chi connectivity index (χ1v) is 10.9. The highest BCUT2D eigenvalue weighted by Gasteiger charge is 2.35. The second-order valence-electron chi connectivity index (χ2n) is 6.42. The third kappa shape index (κ3) is 6.74. The van der Waals surface area contributed by atoms with Gasteiger partial charge in [0.2, 0.25) is 15.9 Å². The lowest BCUT2D eigenvalue weighted by molar-refractivity contribution is -0.139. The van der Waals surface area contributed by atoms with Crippen molar-refractivity contribution in [1.29, 1.82) is 0 Å². The highest BCUT2D eigenvalue weighted by Crippen LogP contribution is 2.34. The van der Waals surface area contributed by atoms with E-state index >= 15 is 0 Å². The molecule has 1 aliphatic heterocycles. The van der Waals surface area contributed by atoms with Gasteiger partial charge in [0.05, 0.1) is 12.3 Å². The van der Waals surface area contributed by atoms with E-state index in [9.17, 15) is 21.6 Å². The van der Waals surface area contributed by atoms with Crippen LogP contribution in [0.15, 0.2) is 23.3 Å². The van der Waals surface area contributed by atoms with Crippen molar-refractivity contribution in [1.82, 2.24) is 19.9 Å². The van der Waals surface area contributed by atoms with Crippen LogP contribution >= 0.6 is 0 Å². The first-order valence-electron chi connectivity index (χ1n) is 9.27. The molecule has 1 aromatic rings. The zero-order valence-corrected chi connectivity index (χ0v) is 17.2. The van der Waals surface area contributed by atoms with Crippen molar-refractivity contribution in [2.45, 2.75) is 32.0 Å². The number of aromatic nitrogens is 1. The molecule has 164 valence electrons. The summed E-state index contributed by atoms with van der Waals surface area (Å²) in [7, 11) is -1.60. The summed E-state index contributed by atoms with van der Waals surface area (Å²) in [6.07, 6.45) is -2.02. The Bertz CT molecular complexity index is 794. The number of alkyl halides is 3. The Morgan fingerprint density at radius 1 is 1.38 bits per heavy atom. The van der Waals surface area contributed by atoms with E-state index in [0.29, 0.717) is 31.9 Å². The number of hydrogen-bond donors (Lipinski definition) is 2. The maximum atomic E-state index is 12.9. The van der Waals surface area contributed by atoms with Gasteiger partial charge < -0.3 is 15.4 Å². The van der Waals surface area contributed by atoms with Gasteiger partial charge in [-0.25, -0.2) is 17.7 Å². The van der Waals surface area contributed by atoms with Gasteiger partial charge in [-0.15, -0.1) is 0 Å². The molecule has 2 rings (SSSR count). The van der Waals surface area contributed by atoms with Gasteiger partial charge in [-0.1, -0.05) is 0 Å². The summed E-state index contributed by atoms with van der Waals surface area (Å²) in [4.78, 5) is 7.72. The fourth-order valence-corrected chi connectivity index (χ4v) is 4.02. The molecule has 1 saturated heterocycles. The Morgan fingerprint density at radius 3 is 2.66 bits per heavy atom. The molecule has 0 saturated carbocycles. The molecule has 0 unspecified atom stereocenters. The summed E-state index contributed by atoms with van der Waals surface area (Å²) < 4.78 is 69.2. The van der Waals surface area contributed by atoms with Crippen LogP contribution in [0.2, 0.25) is 0 Å². The van der Waals surface area contributed by atoms with Crippen molar-refractivity contribution in [3.8, 4) is 5.88 Å². The number of nitrogens with zero attached hydrogens (tertiary/aromatic N) is 3. The Kier molecular flexibility index (Phi) is 8.08. The van der Waals surface area contributed by atoms with Gasteiger partial charge in [0.25, 0.3) is 0 Å². The van der Waals surface area contributed by atoms with E-state index in [2.05, 4.69) is 20.6 Å². The molecular formula is C17H26F3N5O3S. The first-order chi connectivity index (χ1) is 13.7. The number of piperidine rings is 1. The Balaban J connectivity index is 1.77. The average Bonchev–Trinajstić information content (AvgIpc) is 2.70. The van der Waals surface area contributed by atoms with Crippen LogP contribution in [-0.2, 0) is 16.2 Å². The molecule has 0 radical (unpaired) electrons. The normalized spacial score (nSPS) is 17.2. The van der Waals surface area contributed by atoms with Crippen LogP contribution < -0.4 is 15.4 Å². The zero-order valence-electron chi connectivity index (χ0n) is 16.4. The second-order valence-corrected chi connectivity index (χ2v) is 8.68. The average molecular weight is 437 g/mol. The molecule has 1 fully saturated rings. The molecule has 2 N–H and O–H groups in total. The lowest BCUT2D eigenvalue weighted by Crippen LogP contribution is -2.50. The summed E-state index contributed by atoms with van der Waals surface area (Å²) in [6, 6.07) is 2.18. The number of ether oxygens (including phenoxy) is 1. The summed E-state index contributed by atoms with van der Waals surface area (Å²) in [5.74, 6) is 0.0948.